The number of hydrogen-bond acceptors (Lipinski definition) is 3. The smallest absolute Gasteiger partial charge is 0.382 e. The molecule has 0 amide bonds. The van der Waals surface area contributed by atoms with Crippen LogP contribution in [0.3, 0.4) is 0 Å². The van der Waals surface area contributed by atoms with Crippen molar-refractivity contribution in [2.45, 2.75) is 6.18 Å². The van der Waals surface area contributed by atoms with Gasteiger partial charge in [0, 0.05) is 12.4 Å². The van der Waals surface area contributed by atoms with Gasteiger partial charge in [0.15, 0.2) is 0 Å². The minimum Gasteiger partial charge on any atom is -0.382 e. The molecule has 0 aliphatic heterocycles. The number of nitrogens with two attached hydrogens (primary N) is 1. The summed E-state index contributed by atoms with van der Waals surface area (Å²) in [5, 5.41) is 4.91. The molecule has 0 aliphatic carbocycles. The van der Waals surface area contributed by atoms with E-state index in [4.69, 9.17) is 5.73 Å². The van der Waals surface area contributed by atoms with Crippen LogP contribution < -0.4 is 5.73 Å². The van der Waals surface area contributed by atoms with Gasteiger partial charge >= 0.3 is 6.18 Å². The lowest BCUT2D eigenvalue weighted by Gasteiger charge is -2.07. The zero-order valence-electron chi connectivity index (χ0n) is 12.0. The molecule has 0 saturated heterocycles. The van der Waals surface area contributed by atoms with Crippen molar-refractivity contribution in [3.8, 4) is 0 Å². The van der Waals surface area contributed by atoms with Gasteiger partial charge in [-0.1, -0.05) is 6.07 Å². The van der Waals surface area contributed by atoms with Gasteiger partial charge in [-0.05, 0) is 24.3 Å². The summed E-state index contributed by atoms with van der Waals surface area (Å²) in [5.74, 6) is 0.0371. The van der Waals surface area contributed by atoms with Crippen molar-refractivity contribution in [1.29, 1.82) is 0 Å². The number of nitrogens with zero attached hydrogens (tertiary/aromatic N) is 4. The van der Waals surface area contributed by atoms with Gasteiger partial charge in [-0.15, -0.1) is 0 Å². The minimum atomic E-state index is -4.42. The van der Waals surface area contributed by atoms with Crippen LogP contribution >= 0.6 is 0 Å². The van der Waals surface area contributed by atoms with Gasteiger partial charge in [-0.3, -0.25) is 9.67 Å². The van der Waals surface area contributed by atoms with Crippen molar-refractivity contribution < 1.29 is 13.2 Å². The molecule has 2 aromatic heterocycles. The molecule has 0 unspecified atom stereocenters. The lowest BCUT2D eigenvalue weighted by molar-refractivity contribution is -0.137. The van der Waals surface area contributed by atoms with Crippen molar-refractivity contribution in [2.24, 2.45) is 17.8 Å². The van der Waals surface area contributed by atoms with Crippen LogP contribution in [0.5, 0.6) is 0 Å². The molecule has 3 rings (SSSR count). The SMILES string of the molecule is Cn1ncc2cc(C(N)=Nc3cccc(C(F)(F)F)c3)ncc21. The zero-order chi connectivity index (χ0) is 16.6. The fourth-order valence-electron chi connectivity index (χ4n) is 2.14. The van der Waals surface area contributed by atoms with Crippen LogP contribution in [0.1, 0.15) is 11.3 Å². The number of aromatic nitrogens is 3. The van der Waals surface area contributed by atoms with Crippen LogP contribution in [0.25, 0.3) is 10.9 Å². The van der Waals surface area contributed by atoms with E-state index in [0.717, 1.165) is 23.0 Å². The van der Waals surface area contributed by atoms with E-state index in [1.807, 2.05) is 0 Å². The van der Waals surface area contributed by atoms with Gasteiger partial charge in [0.25, 0.3) is 0 Å². The predicted octanol–water partition coefficient (Wildman–Crippen LogP) is 3.02. The van der Waals surface area contributed by atoms with E-state index in [1.165, 1.54) is 12.1 Å². The first-order chi connectivity index (χ1) is 10.8. The third-order valence-corrected chi connectivity index (χ3v) is 3.32. The highest BCUT2D eigenvalue weighted by Gasteiger charge is 2.30. The maximum absolute atomic E-state index is 12.7. The van der Waals surface area contributed by atoms with E-state index in [0.29, 0.717) is 5.69 Å². The van der Waals surface area contributed by atoms with Gasteiger partial charge in [-0.25, -0.2) is 4.99 Å². The van der Waals surface area contributed by atoms with Crippen LogP contribution in [-0.4, -0.2) is 20.6 Å². The molecular weight excluding hydrogens is 307 g/mol. The van der Waals surface area contributed by atoms with E-state index < -0.39 is 11.7 Å². The molecule has 0 radical (unpaired) electrons. The van der Waals surface area contributed by atoms with Crippen LogP contribution in [0.2, 0.25) is 0 Å². The molecule has 0 bridgehead atoms. The van der Waals surface area contributed by atoms with E-state index in [1.54, 1.807) is 30.2 Å². The van der Waals surface area contributed by atoms with Crippen LogP contribution in [0.4, 0.5) is 18.9 Å². The van der Waals surface area contributed by atoms with E-state index in [9.17, 15) is 13.2 Å². The fourth-order valence-corrected chi connectivity index (χ4v) is 2.14. The van der Waals surface area contributed by atoms with Crippen molar-refractivity contribution in [3.63, 3.8) is 0 Å². The summed E-state index contributed by atoms with van der Waals surface area (Å²) in [6.07, 6.45) is -1.18. The van der Waals surface area contributed by atoms with Gasteiger partial charge in [0.2, 0.25) is 0 Å². The first-order valence-corrected chi connectivity index (χ1v) is 6.64. The van der Waals surface area contributed by atoms with Crippen LogP contribution in [0, 0.1) is 0 Å². The topological polar surface area (TPSA) is 69.1 Å². The fraction of sp³-hybridized carbons (Fsp3) is 0.133. The third kappa shape index (κ3) is 3.01. The second-order valence-corrected chi connectivity index (χ2v) is 4.94. The first kappa shape index (κ1) is 15.0. The summed E-state index contributed by atoms with van der Waals surface area (Å²) in [4.78, 5) is 8.19. The molecule has 8 heteroatoms. The molecule has 3 aromatic rings. The third-order valence-electron chi connectivity index (χ3n) is 3.32. The summed E-state index contributed by atoms with van der Waals surface area (Å²) in [6, 6.07) is 6.34. The number of amidine groups is 1. The van der Waals surface area contributed by atoms with Crippen LogP contribution in [-0.2, 0) is 13.2 Å². The molecule has 1 aromatic carbocycles. The largest absolute Gasteiger partial charge is 0.416 e. The van der Waals surface area contributed by atoms with Crippen molar-refractivity contribution in [2.75, 3.05) is 0 Å². The molecule has 23 heavy (non-hydrogen) atoms. The van der Waals surface area contributed by atoms with Crippen molar-refractivity contribution in [3.05, 3.63) is 54.0 Å². The number of aliphatic imine (C=N–C) groups is 1. The Bertz CT molecular complexity index is 896. The average molecular weight is 319 g/mol. The molecule has 118 valence electrons. The number of fused-ring (bicyclic) bond motifs is 1. The average Bonchev–Trinajstić information content (AvgIpc) is 2.87. The number of pyridine rings is 1. The summed E-state index contributed by atoms with van der Waals surface area (Å²) in [6.45, 7) is 0. The molecule has 5 nitrogen and oxygen atoms in total. The highest BCUT2D eigenvalue weighted by atomic mass is 19.4. The number of hydrogen-bond donors (Lipinski definition) is 1. The van der Waals surface area contributed by atoms with Gasteiger partial charge in [0.1, 0.15) is 11.5 Å². The maximum atomic E-state index is 12.7. The number of aryl methyl sites for hydroxylation is 1. The standard InChI is InChI=1S/C15H12F3N5/c1-23-13-8-20-12(5-9(13)7-21-23)14(19)22-11-4-2-3-10(6-11)15(16,17)18/h2-8H,1H3,(H2,19,22). The monoisotopic (exact) mass is 319 g/mol. The van der Waals surface area contributed by atoms with Gasteiger partial charge in [0.05, 0.1) is 29.2 Å². The Labute approximate surface area is 129 Å². The van der Waals surface area contributed by atoms with Crippen molar-refractivity contribution >= 4 is 22.4 Å². The second kappa shape index (κ2) is 5.38. The Kier molecular flexibility index (Phi) is 3.51. The number of rotatable bonds is 2. The number of benzene rings is 1. The molecule has 0 atom stereocenters. The minimum absolute atomic E-state index is 0.0371. The number of alkyl halides is 3. The molecule has 0 saturated carbocycles. The zero-order valence-corrected chi connectivity index (χ0v) is 12.0. The summed E-state index contributed by atoms with van der Waals surface area (Å²) in [5.41, 5.74) is 6.40. The molecule has 0 aliphatic rings. The first-order valence-electron chi connectivity index (χ1n) is 6.64. The Morgan fingerprint density at radius 3 is 2.74 bits per heavy atom. The Hall–Kier alpha value is -2.90. The number of halogens is 3. The maximum Gasteiger partial charge on any atom is 0.416 e. The van der Waals surface area contributed by atoms with Gasteiger partial charge in [-0.2, -0.15) is 18.3 Å². The van der Waals surface area contributed by atoms with Crippen LogP contribution in [0.15, 0.2) is 47.7 Å². The Balaban J connectivity index is 1.97. The Morgan fingerprint density at radius 2 is 2.00 bits per heavy atom. The molecule has 0 fully saturated rings. The quantitative estimate of drug-likeness (QED) is 0.583. The lowest BCUT2D eigenvalue weighted by Crippen LogP contribution is -2.14. The van der Waals surface area contributed by atoms with Crippen molar-refractivity contribution in [1.82, 2.24) is 14.8 Å². The van der Waals surface area contributed by atoms with Gasteiger partial charge < -0.3 is 5.73 Å². The summed E-state index contributed by atoms with van der Waals surface area (Å²) in [7, 11) is 1.78. The molecular formula is C15H12F3N5. The predicted molar refractivity (Wildman–Crippen MR) is 80.3 cm³/mol. The Morgan fingerprint density at radius 1 is 1.22 bits per heavy atom. The second-order valence-electron chi connectivity index (χ2n) is 4.94. The molecule has 2 N–H and O–H groups in total. The summed E-state index contributed by atoms with van der Waals surface area (Å²) >= 11 is 0. The molecule has 2 heterocycles. The van der Waals surface area contributed by atoms with E-state index in [2.05, 4.69) is 15.1 Å². The molecule has 0 spiro atoms. The van der Waals surface area contributed by atoms with E-state index in [-0.39, 0.29) is 11.5 Å². The lowest BCUT2D eigenvalue weighted by atomic mass is 10.2. The normalized spacial score (nSPS) is 12.8. The van der Waals surface area contributed by atoms with E-state index >= 15 is 0 Å². The highest BCUT2D eigenvalue weighted by molar-refractivity contribution is 5.99. The summed E-state index contributed by atoms with van der Waals surface area (Å²) < 4.78 is 39.8. The highest BCUT2D eigenvalue weighted by Crippen LogP contribution is 2.31.